The second kappa shape index (κ2) is 6.67. The van der Waals surface area contributed by atoms with Crippen molar-refractivity contribution in [2.24, 2.45) is 0 Å². The smallest absolute Gasteiger partial charge is 0.339 e. The quantitative estimate of drug-likeness (QED) is 0.712. The number of hydrogen-bond acceptors (Lipinski definition) is 4. The molecule has 1 aromatic carbocycles. The third-order valence-electron chi connectivity index (χ3n) is 5.13. The number of aryl methyl sites for hydroxylation is 1. The van der Waals surface area contributed by atoms with E-state index in [9.17, 15) is 14.7 Å². The summed E-state index contributed by atoms with van der Waals surface area (Å²) < 4.78 is 6.88. The van der Waals surface area contributed by atoms with Gasteiger partial charge in [-0.05, 0) is 24.0 Å². The van der Waals surface area contributed by atoms with Crippen molar-refractivity contribution in [2.75, 3.05) is 5.32 Å². The molecule has 0 bridgehead atoms. The highest BCUT2D eigenvalue weighted by atomic mass is 16.5. The van der Waals surface area contributed by atoms with Gasteiger partial charge in [-0.25, -0.2) is 4.79 Å². The Morgan fingerprint density at radius 2 is 2.04 bits per heavy atom. The molecule has 1 aliphatic heterocycles. The number of fused-ring (bicyclic) bond motifs is 1. The number of rotatable bonds is 4. The lowest BCUT2D eigenvalue weighted by Crippen LogP contribution is -2.25. The first kappa shape index (κ1) is 18.0. The van der Waals surface area contributed by atoms with Crippen LogP contribution >= 0.6 is 0 Å². The van der Waals surface area contributed by atoms with E-state index in [0.29, 0.717) is 28.9 Å². The zero-order valence-electron chi connectivity index (χ0n) is 15.9. The van der Waals surface area contributed by atoms with E-state index in [1.807, 2.05) is 12.1 Å². The van der Waals surface area contributed by atoms with Crippen LogP contribution in [0.1, 0.15) is 65.0 Å². The maximum Gasteiger partial charge on any atom is 0.339 e. The van der Waals surface area contributed by atoms with Gasteiger partial charge < -0.3 is 14.9 Å². The molecule has 4 rings (SSSR count). The molecule has 3 heterocycles. The number of carbonyl (C=O) groups is 2. The number of aromatic nitrogens is 2. The molecule has 1 atom stereocenters. The largest absolute Gasteiger partial charge is 0.478 e. The number of amides is 1. The first-order valence-corrected chi connectivity index (χ1v) is 9.17. The second-order valence-electron chi connectivity index (χ2n) is 7.40. The van der Waals surface area contributed by atoms with Crippen LogP contribution < -0.4 is 5.32 Å². The Morgan fingerprint density at radius 3 is 2.61 bits per heavy atom. The van der Waals surface area contributed by atoms with Gasteiger partial charge in [-0.2, -0.15) is 0 Å². The molecule has 7 nitrogen and oxygen atoms in total. The molecule has 0 radical (unpaired) electrons. The van der Waals surface area contributed by atoms with E-state index in [1.54, 1.807) is 17.6 Å². The Labute approximate surface area is 162 Å². The number of hydrogen-bond donors (Lipinski definition) is 2. The van der Waals surface area contributed by atoms with Crippen LogP contribution in [0.5, 0.6) is 0 Å². The van der Waals surface area contributed by atoms with Crippen LogP contribution in [-0.2, 0) is 4.79 Å². The van der Waals surface area contributed by atoms with Crippen LogP contribution in [0.25, 0.3) is 5.82 Å². The van der Waals surface area contributed by atoms with E-state index in [-0.39, 0.29) is 23.8 Å². The zero-order valence-corrected chi connectivity index (χ0v) is 15.9. The molecule has 144 valence electrons. The molecule has 28 heavy (non-hydrogen) atoms. The summed E-state index contributed by atoms with van der Waals surface area (Å²) in [6, 6.07) is 9.86. The summed E-state index contributed by atoms with van der Waals surface area (Å²) in [6.45, 7) is 6.02. The summed E-state index contributed by atoms with van der Waals surface area (Å²) in [5.74, 6) is -0.0866. The van der Waals surface area contributed by atoms with Crippen molar-refractivity contribution in [3.8, 4) is 5.82 Å². The fourth-order valence-corrected chi connectivity index (χ4v) is 3.68. The second-order valence-corrected chi connectivity index (χ2v) is 7.40. The molecule has 2 aromatic heterocycles. The van der Waals surface area contributed by atoms with E-state index in [2.05, 4.69) is 36.5 Å². The highest BCUT2D eigenvalue weighted by Crippen LogP contribution is 2.41. The fourth-order valence-electron chi connectivity index (χ4n) is 3.68. The molecule has 0 unspecified atom stereocenters. The van der Waals surface area contributed by atoms with E-state index in [4.69, 9.17) is 4.52 Å². The molecular weight excluding hydrogens is 358 g/mol. The summed E-state index contributed by atoms with van der Waals surface area (Å²) in [5, 5.41) is 16.4. The molecule has 0 fully saturated rings. The maximum absolute atomic E-state index is 12.4. The van der Waals surface area contributed by atoms with Gasteiger partial charge >= 0.3 is 5.97 Å². The van der Waals surface area contributed by atoms with Crippen molar-refractivity contribution >= 4 is 17.6 Å². The fraction of sp³-hybridized carbons (Fsp3) is 0.286. The highest BCUT2D eigenvalue weighted by molar-refractivity contribution is 6.04. The molecule has 1 aliphatic rings. The summed E-state index contributed by atoms with van der Waals surface area (Å²) in [5.41, 5.74) is 3.22. The average Bonchev–Trinajstić information content (AvgIpc) is 3.24. The van der Waals surface area contributed by atoms with Crippen LogP contribution in [0.3, 0.4) is 0 Å². The van der Waals surface area contributed by atoms with Crippen molar-refractivity contribution in [3.63, 3.8) is 0 Å². The van der Waals surface area contributed by atoms with E-state index in [0.717, 1.165) is 5.56 Å². The van der Waals surface area contributed by atoms with Gasteiger partial charge in [-0.1, -0.05) is 43.3 Å². The van der Waals surface area contributed by atoms with Gasteiger partial charge in [0.2, 0.25) is 5.91 Å². The minimum Gasteiger partial charge on any atom is -0.478 e. The van der Waals surface area contributed by atoms with Crippen molar-refractivity contribution in [2.45, 2.75) is 39.0 Å². The number of nitrogens with zero attached hydrogens (tertiary/aromatic N) is 2. The lowest BCUT2D eigenvalue weighted by Gasteiger charge is -2.26. The first-order valence-electron chi connectivity index (χ1n) is 9.17. The van der Waals surface area contributed by atoms with E-state index < -0.39 is 5.97 Å². The van der Waals surface area contributed by atoms with Crippen LogP contribution in [0.4, 0.5) is 5.69 Å². The number of aromatic carboxylic acids is 1. The van der Waals surface area contributed by atoms with Gasteiger partial charge in [0.15, 0.2) is 5.82 Å². The minimum absolute atomic E-state index is 0.0347. The molecule has 2 N–H and O–H groups in total. The van der Waals surface area contributed by atoms with Gasteiger partial charge in [-0.3, -0.25) is 9.36 Å². The SMILES string of the molecule is Cc1cc(-n2cc(C(=O)O)c3c2[C@H](c2ccc(C(C)C)cc2)CC(=O)N3)no1. The highest BCUT2D eigenvalue weighted by Gasteiger charge is 2.35. The minimum atomic E-state index is -1.11. The molecular formula is C21H21N3O4. The molecule has 0 saturated carbocycles. The predicted molar refractivity (Wildman–Crippen MR) is 103 cm³/mol. The average molecular weight is 379 g/mol. The summed E-state index contributed by atoms with van der Waals surface area (Å²) in [6.07, 6.45) is 1.72. The first-order chi connectivity index (χ1) is 13.3. The Balaban J connectivity index is 1.90. The summed E-state index contributed by atoms with van der Waals surface area (Å²) >= 11 is 0. The predicted octanol–water partition coefficient (Wildman–Crippen LogP) is 4.07. The van der Waals surface area contributed by atoms with Gasteiger partial charge in [0, 0.05) is 24.6 Å². The molecule has 0 spiro atoms. The van der Waals surface area contributed by atoms with E-state index >= 15 is 0 Å². The number of nitrogens with one attached hydrogen (secondary N) is 1. The summed E-state index contributed by atoms with van der Waals surface area (Å²) in [7, 11) is 0. The Morgan fingerprint density at radius 1 is 1.32 bits per heavy atom. The van der Waals surface area contributed by atoms with Gasteiger partial charge in [0.05, 0.1) is 11.4 Å². The van der Waals surface area contributed by atoms with Gasteiger partial charge in [0.1, 0.15) is 11.3 Å². The Bertz CT molecular complexity index is 1060. The molecule has 3 aromatic rings. The topological polar surface area (TPSA) is 97.4 Å². The zero-order chi connectivity index (χ0) is 20.0. The Kier molecular flexibility index (Phi) is 4.30. The number of benzene rings is 1. The normalized spacial score (nSPS) is 16.1. The van der Waals surface area contributed by atoms with Crippen molar-refractivity contribution < 1.29 is 19.2 Å². The van der Waals surface area contributed by atoms with Crippen molar-refractivity contribution in [1.82, 2.24) is 9.72 Å². The van der Waals surface area contributed by atoms with Gasteiger partial charge in [-0.15, -0.1) is 0 Å². The van der Waals surface area contributed by atoms with Crippen molar-refractivity contribution in [1.29, 1.82) is 0 Å². The Hall–Kier alpha value is -3.35. The lowest BCUT2D eigenvalue weighted by molar-refractivity contribution is -0.116. The number of carboxylic acid groups (broad SMARTS) is 1. The van der Waals surface area contributed by atoms with Crippen LogP contribution in [0, 0.1) is 6.92 Å². The van der Waals surface area contributed by atoms with E-state index in [1.165, 1.54) is 11.8 Å². The van der Waals surface area contributed by atoms with Crippen LogP contribution in [0.15, 0.2) is 41.1 Å². The van der Waals surface area contributed by atoms with Crippen LogP contribution in [-0.4, -0.2) is 26.7 Å². The number of carbonyl (C=O) groups excluding carboxylic acids is 1. The van der Waals surface area contributed by atoms with Crippen molar-refractivity contribution in [3.05, 3.63) is 64.7 Å². The third kappa shape index (κ3) is 2.98. The number of anilines is 1. The molecule has 1 amide bonds. The molecule has 0 aliphatic carbocycles. The molecule has 7 heteroatoms. The van der Waals surface area contributed by atoms with Crippen LogP contribution in [0.2, 0.25) is 0 Å². The maximum atomic E-state index is 12.4. The third-order valence-corrected chi connectivity index (χ3v) is 5.13. The monoisotopic (exact) mass is 379 g/mol. The lowest BCUT2D eigenvalue weighted by atomic mass is 9.87. The van der Waals surface area contributed by atoms with Gasteiger partial charge in [0.25, 0.3) is 0 Å². The summed E-state index contributed by atoms with van der Waals surface area (Å²) in [4.78, 5) is 24.1. The standard InChI is InChI=1S/C21H21N3O4/c1-11(2)13-4-6-14(7-5-13)15-9-18(25)22-19-16(21(26)27)10-24(20(15)19)17-8-12(3)28-23-17/h4-8,10-11,15H,9H2,1-3H3,(H,22,25)(H,26,27)/t15-/m0/s1. The number of carboxylic acids is 1. The molecule has 0 saturated heterocycles.